The Balaban J connectivity index is 1.62. The molecule has 29 heavy (non-hydrogen) atoms. The molecule has 2 aliphatic carbocycles. The van der Waals surface area contributed by atoms with Gasteiger partial charge >= 0.3 is 0 Å². The van der Waals surface area contributed by atoms with Crippen molar-refractivity contribution < 1.29 is 13.5 Å². The minimum atomic E-state index is -3.44. The predicted molar refractivity (Wildman–Crippen MR) is 116 cm³/mol. The number of hydrogen-bond donors (Lipinski definition) is 3. The van der Waals surface area contributed by atoms with Crippen LogP contribution in [-0.2, 0) is 22.7 Å². The molecule has 3 N–H and O–H groups in total. The summed E-state index contributed by atoms with van der Waals surface area (Å²) >= 11 is 1.62. The van der Waals surface area contributed by atoms with Gasteiger partial charge in [0.15, 0.2) is 15.0 Å². The zero-order valence-electron chi connectivity index (χ0n) is 16.8. The van der Waals surface area contributed by atoms with Crippen molar-refractivity contribution in [3.05, 3.63) is 22.7 Å². The summed E-state index contributed by atoms with van der Waals surface area (Å²) in [6.07, 6.45) is 6.15. The van der Waals surface area contributed by atoms with Crippen LogP contribution in [0.15, 0.2) is 17.0 Å². The SMILES string of the molecule is CC(C)S(=O)(=O)c1cc(Nc2nc3c(s2)CCC3)nc(N[C@H]2CC[C@H](O)CC2)c1. The molecule has 0 atom stereocenters. The van der Waals surface area contributed by atoms with Crippen molar-refractivity contribution >= 4 is 37.9 Å². The Hall–Kier alpha value is -1.71. The highest BCUT2D eigenvalue weighted by Gasteiger charge is 2.24. The number of hydrogen-bond acceptors (Lipinski definition) is 8. The summed E-state index contributed by atoms with van der Waals surface area (Å²) in [5.41, 5.74) is 1.14. The highest BCUT2D eigenvalue weighted by Crippen LogP contribution is 2.33. The lowest BCUT2D eigenvalue weighted by Gasteiger charge is -2.27. The van der Waals surface area contributed by atoms with Crippen LogP contribution in [0, 0.1) is 0 Å². The molecule has 0 unspecified atom stereocenters. The number of aryl methyl sites for hydroxylation is 2. The lowest BCUT2D eigenvalue weighted by Crippen LogP contribution is -2.28. The lowest BCUT2D eigenvalue weighted by molar-refractivity contribution is 0.126. The van der Waals surface area contributed by atoms with Crippen molar-refractivity contribution in [2.24, 2.45) is 0 Å². The largest absolute Gasteiger partial charge is 0.393 e. The molecule has 0 saturated heterocycles. The Morgan fingerprint density at radius 2 is 1.83 bits per heavy atom. The molecule has 158 valence electrons. The zero-order chi connectivity index (χ0) is 20.6. The third-order valence-corrected chi connectivity index (χ3v) is 8.83. The van der Waals surface area contributed by atoms with E-state index in [2.05, 4.69) is 20.6 Å². The third kappa shape index (κ3) is 4.57. The molecular weight excluding hydrogens is 408 g/mol. The van der Waals surface area contributed by atoms with Gasteiger partial charge in [0.25, 0.3) is 0 Å². The Kier molecular flexibility index (Phi) is 5.81. The van der Waals surface area contributed by atoms with E-state index >= 15 is 0 Å². The standard InChI is InChI=1S/C20H28N4O3S2/c1-12(2)29(26,27)15-10-18(21-13-6-8-14(25)9-7-13)23-19(11-15)24-20-22-16-4-3-5-17(16)28-20/h10-14,25H,3-9H2,1-2H3,(H2,21,22,23,24)/t13-,14-. The van der Waals surface area contributed by atoms with Crippen LogP contribution in [0.3, 0.4) is 0 Å². The van der Waals surface area contributed by atoms with Crippen LogP contribution in [0.1, 0.15) is 56.5 Å². The molecule has 7 nitrogen and oxygen atoms in total. The number of nitrogens with zero attached hydrogens (tertiary/aromatic N) is 2. The summed E-state index contributed by atoms with van der Waals surface area (Å²) in [7, 11) is -3.44. The Morgan fingerprint density at radius 3 is 2.52 bits per heavy atom. The Bertz CT molecular complexity index is 958. The maximum atomic E-state index is 12.8. The van der Waals surface area contributed by atoms with E-state index in [0.29, 0.717) is 11.6 Å². The van der Waals surface area contributed by atoms with Crippen molar-refractivity contribution in [2.75, 3.05) is 10.6 Å². The van der Waals surface area contributed by atoms with E-state index in [4.69, 9.17) is 0 Å². The number of sulfone groups is 1. The molecule has 2 heterocycles. The van der Waals surface area contributed by atoms with Gasteiger partial charge in [0.05, 0.1) is 21.9 Å². The van der Waals surface area contributed by atoms with Crippen LogP contribution in [0.4, 0.5) is 16.8 Å². The van der Waals surface area contributed by atoms with Crippen molar-refractivity contribution in [2.45, 2.75) is 81.1 Å². The van der Waals surface area contributed by atoms with E-state index < -0.39 is 15.1 Å². The summed E-state index contributed by atoms with van der Waals surface area (Å²) in [4.78, 5) is 10.8. The minimum absolute atomic E-state index is 0.180. The highest BCUT2D eigenvalue weighted by atomic mass is 32.2. The van der Waals surface area contributed by atoms with E-state index in [9.17, 15) is 13.5 Å². The molecule has 4 rings (SSSR count). The fourth-order valence-electron chi connectivity index (χ4n) is 3.86. The van der Waals surface area contributed by atoms with Gasteiger partial charge in [-0.05, 0) is 70.9 Å². The molecule has 0 bridgehead atoms. The average molecular weight is 437 g/mol. The molecular formula is C20H28N4O3S2. The predicted octanol–water partition coefficient (Wildman–Crippen LogP) is 3.67. The van der Waals surface area contributed by atoms with Crippen LogP contribution in [-0.4, -0.2) is 40.9 Å². The van der Waals surface area contributed by atoms with Crippen molar-refractivity contribution in [1.82, 2.24) is 9.97 Å². The molecule has 0 spiro atoms. The smallest absolute Gasteiger partial charge is 0.188 e. The summed E-state index contributed by atoms with van der Waals surface area (Å²) in [6.45, 7) is 3.37. The van der Waals surface area contributed by atoms with Gasteiger partial charge in [-0.25, -0.2) is 18.4 Å². The van der Waals surface area contributed by atoms with E-state index in [-0.39, 0.29) is 17.0 Å². The molecule has 2 aliphatic rings. The first kappa shape index (κ1) is 20.6. The molecule has 0 amide bonds. The van der Waals surface area contributed by atoms with E-state index in [1.165, 1.54) is 4.88 Å². The molecule has 2 aromatic rings. The summed E-state index contributed by atoms with van der Waals surface area (Å²) in [5.74, 6) is 1.03. The maximum Gasteiger partial charge on any atom is 0.188 e. The van der Waals surface area contributed by atoms with Crippen molar-refractivity contribution in [3.63, 3.8) is 0 Å². The number of anilines is 3. The van der Waals surface area contributed by atoms with Gasteiger partial charge in [0.1, 0.15) is 11.6 Å². The van der Waals surface area contributed by atoms with Gasteiger partial charge < -0.3 is 15.7 Å². The van der Waals surface area contributed by atoms with Gasteiger partial charge in [-0.2, -0.15) is 0 Å². The number of rotatable bonds is 6. The zero-order valence-corrected chi connectivity index (χ0v) is 18.4. The van der Waals surface area contributed by atoms with Crippen molar-refractivity contribution in [1.29, 1.82) is 0 Å². The van der Waals surface area contributed by atoms with Crippen LogP contribution in [0.2, 0.25) is 0 Å². The molecule has 1 fully saturated rings. The first-order valence-corrected chi connectivity index (χ1v) is 12.6. The quantitative estimate of drug-likeness (QED) is 0.635. The average Bonchev–Trinajstić information content (AvgIpc) is 3.25. The highest BCUT2D eigenvalue weighted by molar-refractivity contribution is 7.92. The Morgan fingerprint density at radius 1 is 1.10 bits per heavy atom. The van der Waals surface area contributed by atoms with Gasteiger partial charge in [0.2, 0.25) is 0 Å². The molecule has 2 aromatic heterocycles. The molecule has 1 saturated carbocycles. The molecule has 0 radical (unpaired) electrons. The summed E-state index contributed by atoms with van der Waals surface area (Å²) in [5, 5.41) is 16.6. The maximum absolute atomic E-state index is 12.8. The monoisotopic (exact) mass is 436 g/mol. The van der Waals surface area contributed by atoms with E-state index in [1.54, 1.807) is 37.3 Å². The number of aliphatic hydroxyl groups excluding tert-OH is 1. The van der Waals surface area contributed by atoms with Crippen LogP contribution in [0.25, 0.3) is 0 Å². The molecule has 0 aliphatic heterocycles. The number of fused-ring (bicyclic) bond motifs is 1. The summed E-state index contributed by atoms with van der Waals surface area (Å²) < 4.78 is 25.6. The van der Waals surface area contributed by atoms with Gasteiger partial charge in [-0.15, -0.1) is 11.3 Å². The number of aliphatic hydroxyl groups is 1. The van der Waals surface area contributed by atoms with E-state index in [0.717, 1.165) is 55.8 Å². The van der Waals surface area contributed by atoms with Crippen molar-refractivity contribution in [3.8, 4) is 0 Å². The Labute approximate surface area is 175 Å². The van der Waals surface area contributed by atoms with Gasteiger partial charge in [-0.3, -0.25) is 0 Å². The normalized spacial score (nSPS) is 21.9. The first-order chi connectivity index (χ1) is 13.8. The van der Waals surface area contributed by atoms with Crippen LogP contribution >= 0.6 is 11.3 Å². The number of aromatic nitrogens is 2. The fraction of sp³-hybridized carbons (Fsp3) is 0.600. The van der Waals surface area contributed by atoms with Gasteiger partial charge in [0, 0.05) is 10.9 Å². The van der Waals surface area contributed by atoms with Crippen LogP contribution in [0.5, 0.6) is 0 Å². The van der Waals surface area contributed by atoms with Crippen LogP contribution < -0.4 is 10.6 Å². The molecule has 0 aromatic carbocycles. The van der Waals surface area contributed by atoms with E-state index in [1.807, 2.05) is 0 Å². The topological polar surface area (TPSA) is 104 Å². The number of nitrogens with one attached hydrogen (secondary N) is 2. The second kappa shape index (κ2) is 8.20. The van der Waals surface area contributed by atoms with Gasteiger partial charge in [-0.1, -0.05) is 0 Å². The fourth-order valence-corrected chi connectivity index (χ4v) is 6.02. The summed E-state index contributed by atoms with van der Waals surface area (Å²) in [6, 6.07) is 3.39. The lowest BCUT2D eigenvalue weighted by atomic mass is 9.93. The third-order valence-electron chi connectivity index (χ3n) is 5.63. The first-order valence-electron chi connectivity index (χ1n) is 10.3. The number of pyridine rings is 1. The second-order valence-corrected chi connectivity index (χ2v) is 11.8. The molecule has 9 heteroatoms. The number of thiazole rings is 1. The second-order valence-electron chi connectivity index (χ2n) is 8.18. The minimum Gasteiger partial charge on any atom is -0.393 e.